The van der Waals surface area contributed by atoms with Crippen molar-refractivity contribution in [1.82, 2.24) is 9.97 Å². The number of benzene rings is 1. The topological polar surface area (TPSA) is 47.0 Å². The maximum absolute atomic E-state index is 13.8. The van der Waals surface area contributed by atoms with Crippen molar-refractivity contribution >= 4 is 27.5 Å². The molecular formula is C14H12FN3OS. The average Bonchev–Trinajstić information content (AvgIpc) is 2.91. The normalized spacial score (nSPS) is 10.8. The number of nitrogens with one attached hydrogen (secondary N) is 1. The van der Waals surface area contributed by atoms with Crippen molar-refractivity contribution in [3.05, 3.63) is 41.0 Å². The van der Waals surface area contributed by atoms with Crippen LogP contribution >= 0.6 is 11.3 Å². The molecule has 6 heteroatoms. The Morgan fingerprint density at radius 3 is 2.90 bits per heavy atom. The molecule has 0 spiro atoms. The minimum atomic E-state index is -0.413. The lowest BCUT2D eigenvalue weighted by molar-refractivity contribution is 0.432. The highest BCUT2D eigenvalue weighted by Gasteiger charge is 2.12. The molecule has 0 aliphatic rings. The lowest BCUT2D eigenvalue weighted by atomic mass is 10.2. The van der Waals surface area contributed by atoms with Gasteiger partial charge in [-0.1, -0.05) is 6.07 Å². The van der Waals surface area contributed by atoms with E-state index in [2.05, 4.69) is 15.3 Å². The maximum Gasteiger partial charge on any atom is 0.233 e. The number of hydrogen-bond donors (Lipinski definition) is 1. The third-order valence-electron chi connectivity index (χ3n) is 2.81. The molecule has 0 aliphatic carbocycles. The maximum atomic E-state index is 13.8. The summed E-state index contributed by atoms with van der Waals surface area (Å²) in [5, 5.41) is 5.55. The first-order valence-electron chi connectivity index (χ1n) is 6.04. The summed E-state index contributed by atoms with van der Waals surface area (Å²) in [6.45, 7) is 1.88. The number of thiophene rings is 1. The Balaban J connectivity index is 2.09. The fourth-order valence-corrected chi connectivity index (χ4v) is 2.57. The quantitative estimate of drug-likeness (QED) is 0.792. The molecule has 0 saturated carbocycles. The van der Waals surface area contributed by atoms with Crippen molar-refractivity contribution in [2.24, 2.45) is 0 Å². The fraction of sp³-hybridized carbons (Fsp3) is 0.143. The molecule has 3 aromatic rings. The van der Waals surface area contributed by atoms with Crippen LogP contribution in [0.2, 0.25) is 0 Å². The number of aryl methyl sites for hydroxylation is 1. The highest BCUT2D eigenvalue weighted by Crippen LogP contribution is 2.32. The van der Waals surface area contributed by atoms with Crippen LogP contribution < -0.4 is 10.1 Å². The molecular weight excluding hydrogens is 277 g/mol. The fourth-order valence-electron chi connectivity index (χ4n) is 1.81. The molecule has 4 nitrogen and oxygen atoms in total. The minimum Gasteiger partial charge on any atom is -0.435 e. The molecule has 20 heavy (non-hydrogen) atoms. The van der Waals surface area contributed by atoms with E-state index in [9.17, 15) is 4.39 Å². The molecule has 102 valence electrons. The van der Waals surface area contributed by atoms with Crippen LogP contribution in [0.5, 0.6) is 11.6 Å². The van der Waals surface area contributed by atoms with Gasteiger partial charge in [0.15, 0.2) is 11.6 Å². The smallest absolute Gasteiger partial charge is 0.233 e. The zero-order valence-electron chi connectivity index (χ0n) is 11.0. The largest absolute Gasteiger partial charge is 0.435 e. The van der Waals surface area contributed by atoms with Gasteiger partial charge in [-0.15, -0.1) is 11.3 Å². The molecule has 0 aliphatic heterocycles. The highest BCUT2D eigenvalue weighted by molar-refractivity contribution is 7.16. The van der Waals surface area contributed by atoms with E-state index < -0.39 is 5.82 Å². The van der Waals surface area contributed by atoms with Gasteiger partial charge in [0.05, 0.1) is 5.39 Å². The van der Waals surface area contributed by atoms with Crippen LogP contribution in [-0.2, 0) is 0 Å². The van der Waals surface area contributed by atoms with Gasteiger partial charge in [-0.2, -0.15) is 4.98 Å². The Labute approximate surface area is 119 Å². The van der Waals surface area contributed by atoms with Gasteiger partial charge in [0.1, 0.15) is 4.83 Å². The predicted molar refractivity (Wildman–Crippen MR) is 78.2 cm³/mol. The monoisotopic (exact) mass is 289 g/mol. The van der Waals surface area contributed by atoms with Crippen LogP contribution in [0, 0.1) is 12.7 Å². The van der Waals surface area contributed by atoms with Gasteiger partial charge in [0.2, 0.25) is 11.8 Å². The summed E-state index contributed by atoms with van der Waals surface area (Å²) in [4.78, 5) is 9.37. The predicted octanol–water partition coefficient (Wildman–Crippen LogP) is 3.97. The van der Waals surface area contributed by atoms with Crippen LogP contribution in [0.15, 0.2) is 29.6 Å². The molecule has 1 aromatic carbocycles. The Bertz CT molecular complexity index is 772. The van der Waals surface area contributed by atoms with Gasteiger partial charge < -0.3 is 10.1 Å². The summed E-state index contributed by atoms with van der Waals surface area (Å²) in [5.41, 5.74) is 0.922. The van der Waals surface area contributed by atoms with Gasteiger partial charge >= 0.3 is 0 Å². The van der Waals surface area contributed by atoms with Crippen LogP contribution in [0.25, 0.3) is 10.2 Å². The number of nitrogens with zero attached hydrogens (tertiary/aromatic N) is 2. The first-order chi connectivity index (χ1) is 9.67. The number of rotatable bonds is 3. The summed E-state index contributed by atoms with van der Waals surface area (Å²) >= 11 is 1.48. The molecule has 2 aromatic heterocycles. The first-order valence-corrected chi connectivity index (χ1v) is 6.92. The molecule has 2 heterocycles. The van der Waals surface area contributed by atoms with Gasteiger partial charge in [-0.3, -0.25) is 0 Å². The van der Waals surface area contributed by atoms with E-state index in [1.54, 1.807) is 19.2 Å². The molecule has 1 N–H and O–H groups in total. The molecule has 0 atom stereocenters. The van der Waals surface area contributed by atoms with Crippen LogP contribution in [-0.4, -0.2) is 17.0 Å². The zero-order valence-corrected chi connectivity index (χ0v) is 11.8. The second-order valence-electron chi connectivity index (χ2n) is 4.28. The van der Waals surface area contributed by atoms with E-state index in [0.29, 0.717) is 11.8 Å². The first kappa shape index (κ1) is 12.8. The summed E-state index contributed by atoms with van der Waals surface area (Å²) < 4.78 is 19.4. The Hall–Kier alpha value is -2.21. The van der Waals surface area contributed by atoms with Crippen molar-refractivity contribution in [2.75, 3.05) is 12.4 Å². The zero-order chi connectivity index (χ0) is 14.1. The number of aromatic nitrogens is 2. The molecule has 0 saturated heterocycles. The Kier molecular flexibility index (Phi) is 3.23. The number of anilines is 1. The number of halogens is 1. The summed E-state index contributed by atoms with van der Waals surface area (Å²) in [6, 6.07) is 6.59. The van der Waals surface area contributed by atoms with Crippen molar-refractivity contribution in [2.45, 2.75) is 6.92 Å². The molecule has 0 bridgehead atoms. The van der Waals surface area contributed by atoms with E-state index in [0.717, 1.165) is 15.8 Å². The molecule has 3 rings (SSSR count). The van der Waals surface area contributed by atoms with Gasteiger partial charge in [0, 0.05) is 7.05 Å². The summed E-state index contributed by atoms with van der Waals surface area (Å²) in [7, 11) is 1.73. The molecule has 0 unspecified atom stereocenters. The van der Waals surface area contributed by atoms with Crippen molar-refractivity contribution in [1.29, 1.82) is 0 Å². The third-order valence-corrected chi connectivity index (χ3v) is 3.61. The molecule has 0 fully saturated rings. The van der Waals surface area contributed by atoms with E-state index in [1.165, 1.54) is 17.4 Å². The Morgan fingerprint density at radius 1 is 1.25 bits per heavy atom. The Morgan fingerprint density at radius 2 is 2.10 bits per heavy atom. The standard InChI is InChI=1S/C14H12FN3OS/c1-8-3-4-10(15)11(7-8)19-12-9-5-6-20-13(9)18-14(16-2)17-12/h3-7H,1-2H3,(H,16,17,18). The van der Waals surface area contributed by atoms with Gasteiger partial charge in [0.25, 0.3) is 0 Å². The van der Waals surface area contributed by atoms with Gasteiger partial charge in [-0.25, -0.2) is 9.37 Å². The second kappa shape index (κ2) is 5.05. The number of ether oxygens (including phenoxy) is 1. The van der Waals surface area contributed by atoms with Gasteiger partial charge in [-0.05, 0) is 36.1 Å². The second-order valence-corrected chi connectivity index (χ2v) is 5.17. The third kappa shape index (κ3) is 2.30. The van der Waals surface area contributed by atoms with E-state index >= 15 is 0 Å². The summed E-state index contributed by atoms with van der Waals surface area (Å²) in [5.74, 6) is 0.551. The van der Waals surface area contributed by atoms with Crippen LogP contribution in [0.3, 0.4) is 0 Å². The van der Waals surface area contributed by atoms with Crippen molar-refractivity contribution in [3.8, 4) is 11.6 Å². The summed E-state index contributed by atoms with van der Waals surface area (Å²) in [6.07, 6.45) is 0. The number of fused-ring (bicyclic) bond motifs is 1. The van der Waals surface area contributed by atoms with E-state index in [4.69, 9.17) is 4.74 Å². The molecule has 0 amide bonds. The lowest BCUT2D eigenvalue weighted by Gasteiger charge is -2.09. The SMILES string of the molecule is CNc1nc(Oc2cc(C)ccc2F)c2ccsc2n1. The van der Waals surface area contributed by atoms with Crippen LogP contribution in [0.4, 0.5) is 10.3 Å². The van der Waals surface area contributed by atoms with E-state index in [-0.39, 0.29) is 5.75 Å². The van der Waals surface area contributed by atoms with Crippen molar-refractivity contribution < 1.29 is 9.13 Å². The minimum absolute atomic E-state index is 0.165. The highest BCUT2D eigenvalue weighted by atomic mass is 32.1. The van der Waals surface area contributed by atoms with Crippen molar-refractivity contribution in [3.63, 3.8) is 0 Å². The average molecular weight is 289 g/mol. The van der Waals surface area contributed by atoms with Crippen LogP contribution in [0.1, 0.15) is 5.56 Å². The van der Waals surface area contributed by atoms with E-state index in [1.807, 2.05) is 18.4 Å². The number of hydrogen-bond acceptors (Lipinski definition) is 5. The lowest BCUT2D eigenvalue weighted by Crippen LogP contribution is -1.99. The molecule has 0 radical (unpaired) electrons.